The molecule has 6 heteroatoms. The first-order valence-corrected chi connectivity index (χ1v) is 5.38. The molecule has 1 amide bonds. The number of amides is 1. The largest absolute Gasteiger partial charge is 0.336 e. The van der Waals surface area contributed by atoms with Crippen LogP contribution in [-0.4, -0.2) is 11.9 Å². The van der Waals surface area contributed by atoms with Gasteiger partial charge in [-0.2, -0.15) is 5.26 Å². The van der Waals surface area contributed by atoms with E-state index < -0.39 is 29.4 Å². The zero-order valence-electron chi connectivity index (χ0n) is 9.21. The quantitative estimate of drug-likeness (QED) is 0.840. The highest BCUT2D eigenvalue weighted by molar-refractivity contribution is 5.94. The van der Waals surface area contributed by atoms with Gasteiger partial charge in [-0.3, -0.25) is 4.79 Å². The molecule has 1 aromatic carbocycles. The Balaban J connectivity index is 2.16. The van der Waals surface area contributed by atoms with Crippen LogP contribution >= 0.6 is 0 Å². The lowest BCUT2D eigenvalue weighted by molar-refractivity contribution is 0.0940. The molecule has 1 atom stereocenters. The predicted octanol–water partition coefficient (Wildman–Crippen LogP) is 2.14. The van der Waals surface area contributed by atoms with Gasteiger partial charge in [-0.1, -0.05) is 0 Å². The lowest BCUT2D eigenvalue weighted by atomic mass is 10.1. The van der Waals surface area contributed by atoms with E-state index in [4.69, 9.17) is 5.26 Å². The standard InChI is InChI=1S/C12H9F3N2O/c13-8-3-7(4-9(14)11(8)15)12(18)17-10(5-16)6-1-2-6/h3-4,6,10H,1-2H2,(H,17,18). The maximum Gasteiger partial charge on any atom is 0.252 e. The molecule has 1 saturated carbocycles. The molecule has 1 fully saturated rings. The normalized spacial score (nSPS) is 15.9. The number of nitriles is 1. The van der Waals surface area contributed by atoms with Crippen molar-refractivity contribution in [2.45, 2.75) is 18.9 Å². The fourth-order valence-corrected chi connectivity index (χ4v) is 1.60. The van der Waals surface area contributed by atoms with Crippen LogP contribution in [0.2, 0.25) is 0 Å². The second-order valence-electron chi connectivity index (χ2n) is 4.17. The van der Waals surface area contributed by atoms with Gasteiger partial charge in [0.05, 0.1) is 6.07 Å². The molecule has 0 saturated heterocycles. The molecule has 1 aliphatic carbocycles. The summed E-state index contributed by atoms with van der Waals surface area (Å²) in [6.45, 7) is 0. The minimum Gasteiger partial charge on any atom is -0.336 e. The van der Waals surface area contributed by atoms with Crippen molar-refractivity contribution in [1.29, 1.82) is 5.26 Å². The van der Waals surface area contributed by atoms with Crippen LogP contribution in [0.1, 0.15) is 23.2 Å². The number of nitrogens with one attached hydrogen (secondary N) is 1. The predicted molar refractivity (Wildman–Crippen MR) is 55.9 cm³/mol. The molecule has 94 valence electrons. The topological polar surface area (TPSA) is 52.9 Å². The van der Waals surface area contributed by atoms with Crippen molar-refractivity contribution >= 4 is 5.91 Å². The molecule has 1 N–H and O–H groups in total. The summed E-state index contributed by atoms with van der Waals surface area (Å²) in [7, 11) is 0. The van der Waals surface area contributed by atoms with Crippen LogP contribution < -0.4 is 5.32 Å². The van der Waals surface area contributed by atoms with E-state index in [1.807, 2.05) is 6.07 Å². The third-order valence-electron chi connectivity index (χ3n) is 2.77. The summed E-state index contributed by atoms with van der Waals surface area (Å²) in [5.41, 5.74) is -0.340. The maximum absolute atomic E-state index is 12.9. The average molecular weight is 254 g/mol. The highest BCUT2D eigenvalue weighted by Crippen LogP contribution is 2.32. The summed E-state index contributed by atoms with van der Waals surface area (Å²) in [6, 6.07) is 2.45. The van der Waals surface area contributed by atoms with Gasteiger partial charge in [-0.15, -0.1) is 0 Å². The summed E-state index contributed by atoms with van der Waals surface area (Å²) in [5.74, 6) is -5.17. The van der Waals surface area contributed by atoms with Gasteiger partial charge >= 0.3 is 0 Å². The Morgan fingerprint density at radius 1 is 1.33 bits per heavy atom. The average Bonchev–Trinajstić information content (AvgIpc) is 3.16. The lowest BCUT2D eigenvalue weighted by Gasteiger charge is -2.10. The first kappa shape index (κ1) is 12.4. The van der Waals surface area contributed by atoms with E-state index in [9.17, 15) is 18.0 Å². The van der Waals surface area contributed by atoms with E-state index in [1.165, 1.54) is 0 Å². The van der Waals surface area contributed by atoms with Crippen LogP contribution in [0, 0.1) is 34.7 Å². The molecule has 0 bridgehead atoms. The van der Waals surface area contributed by atoms with Crippen molar-refractivity contribution in [3.8, 4) is 6.07 Å². The van der Waals surface area contributed by atoms with E-state index in [0.29, 0.717) is 12.1 Å². The third kappa shape index (κ3) is 2.45. The van der Waals surface area contributed by atoms with E-state index in [1.54, 1.807) is 0 Å². The first-order chi connectivity index (χ1) is 8.52. The molecule has 0 aromatic heterocycles. The van der Waals surface area contributed by atoms with Gasteiger partial charge < -0.3 is 5.32 Å². The zero-order valence-corrected chi connectivity index (χ0v) is 9.21. The van der Waals surface area contributed by atoms with E-state index >= 15 is 0 Å². The lowest BCUT2D eigenvalue weighted by Crippen LogP contribution is -2.35. The highest BCUT2D eigenvalue weighted by Gasteiger charge is 2.32. The number of nitrogens with zero attached hydrogens (tertiary/aromatic N) is 1. The molecule has 18 heavy (non-hydrogen) atoms. The van der Waals surface area contributed by atoms with Gasteiger partial charge in [0.25, 0.3) is 5.91 Å². The molecule has 0 aliphatic heterocycles. The molecule has 0 spiro atoms. The number of hydrogen-bond acceptors (Lipinski definition) is 2. The monoisotopic (exact) mass is 254 g/mol. The number of carbonyl (C=O) groups excluding carboxylic acids is 1. The van der Waals surface area contributed by atoms with Gasteiger partial charge in [-0.25, -0.2) is 13.2 Å². The van der Waals surface area contributed by atoms with E-state index in [-0.39, 0.29) is 11.5 Å². The van der Waals surface area contributed by atoms with Gasteiger partial charge in [0, 0.05) is 5.56 Å². The molecule has 1 unspecified atom stereocenters. The number of halogens is 3. The second-order valence-corrected chi connectivity index (χ2v) is 4.17. The minimum absolute atomic E-state index is 0.0918. The van der Waals surface area contributed by atoms with Crippen molar-refractivity contribution in [3.63, 3.8) is 0 Å². The van der Waals surface area contributed by atoms with Gasteiger partial charge in [0.2, 0.25) is 0 Å². The first-order valence-electron chi connectivity index (χ1n) is 5.38. The smallest absolute Gasteiger partial charge is 0.252 e. The second kappa shape index (κ2) is 4.69. The third-order valence-corrected chi connectivity index (χ3v) is 2.77. The minimum atomic E-state index is -1.62. The number of rotatable bonds is 3. The van der Waals surface area contributed by atoms with Crippen LogP contribution in [0.4, 0.5) is 13.2 Å². The number of carbonyl (C=O) groups is 1. The Morgan fingerprint density at radius 3 is 2.33 bits per heavy atom. The Bertz CT molecular complexity index is 512. The van der Waals surface area contributed by atoms with Crippen molar-refractivity contribution in [1.82, 2.24) is 5.32 Å². The van der Waals surface area contributed by atoms with E-state index in [2.05, 4.69) is 5.32 Å². The Hall–Kier alpha value is -2.03. The maximum atomic E-state index is 12.9. The molecule has 3 nitrogen and oxygen atoms in total. The fraction of sp³-hybridized carbons (Fsp3) is 0.333. The highest BCUT2D eigenvalue weighted by atomic mass is 19.2. The van der Waals surface area contributed by atoms with Crippen molar-refractivity contribution in [2.75, 3.05) is 0 Å². The molecule has 0 radical (unpaired) electrons. The Kier molecular flexibility index (Phi) is 3.24. The molecule has 1 aliphatic rings. The van der Waals surface area contributed by atoms with Gasteiger partial charge in [-0.05, 0) is 30.9 Å². The summed E-state index contributed by atoms with van der Waals surface area (Å²) in [5, 5.41) is 11.2. The molecule has 1 aromatic rings. The van der Waals surface area contributed by atoms with Crippen LogP contribution in [0.25, 0.3) is 0 Å². The molecular formula is C12H9F3N2O. The molecule has 2 rings (SSSR count). The number of benzene rings is 1. The van der Waals surface area contributed by atoms with Crippen LogP contribution in [0.15, 0.2) is 12.1 Å². The van der Waals surface area contributed by atoms with Crippen LogP contribution in [-0.2, 0) is 0 Å². The van der Waals surface area contributed by atoms with Gasteiger partial charge in [0.15, 0.2) is 17.5 Å². The SMILES string of the molecule is N#CC(NC(=O)c1cc(F)c(F)c(F)c1)C1CC1. The molecule has 0 heterocycles. The summed E-state index contributed by atoms with van der Waals surface area (Å²) >= 11 is 0. The summed E-state index contributed by atoms with van der Waals surface area (Å²) in [6.07, 6.45) is 1.68. The zero-order chi connectivity index (χ0) is 13.3. The Morgan fingerprint density at radius 2 is 1.89 bits per heavy atom. The van der Waals surface area contributed by atoms with Crippen molar-refractivity contribution < 1.29 is 18.0 Å². The molecular weight excluding hydrogens is 245 g/mol. The van der Waals surface area contributed by atoms with Crippen molar-refractivity contribution in [3.05, 3.63) is 35.1 Å². The number of hydrogen-bond donors (Lipinski definition) is 1. The van der Waals surface area contributed by atoms with Gasteiger partial charge in [0.1, 0.15) is 6.04 Å². The van der Waals surface area contributed by atoms with Crippen LogP contribution in [0.3, 0.4) is 0 Å². The van der Waals surface area contributed by atoms with Crippen molar-refractivity contribution in [2.24, 2.45) is 5.92 Å². The van der Waals surface area contributed by atoms with E-state index in [0.717, 1.165) is 12.8 Å². The summed E-state index contributed by atoms with van der Waals surface area (Å²) in [4.78, 5) is 11.6. The summed E-state index contributed by atoms with van der Waals surface area (Å²) < 4.78 is 38.6. The fourth-order valence-electron chi connectivity index (χ4n) is 1.60. The Labute approximate surface area is 101 Å². The van der Waals surface area contributed by atoms with Crippen LogP contribution in [0.5, 0.6) is 0 Å².